The average molecular weight is 554 g/mol. The van der Waals surface area contributed by atoms with Gasteiger partial charge in [-0.1, -0.05) is 69.4 Å². The van der Waals surface area contributed by atoms with E-state index in [1.54, 1.807) is 14.2 Å². The third kappa shape index (κ3) is 7.32. The molecule has 5 nitrogen and oxygen atoms in total. The minimum atomic E-state index is -0.236. The van der Waals surface area contributed by atoms with Crippen LogP contribution in [0.4, 0.5) is 0 Å². The van der Waals surface area contributed by atoms with E-state index in [1.807, 2.05) is 50.4 Å². The highest BCUT2D eigenvalue weighted by molar-refractivity contribution is 8.16. The fraction of sp³-hybridized carbons (Fsp3) is 0.452. The van der Waals surface area contributed by atoms with Crippen molar-refractivity contribution < 1.29 is 19.1 Å². The number of nitrogens with zero attached hydrogens (tertiary/aromatic N) is 1. The van der Waals surface area contributed by atoms with Crippen molar-refractivity contribution in [2.75, 3.05) is 20.0 Å². The molecule has 0 aromatic heterocycles. The van der Waals surface area contributed by atoms with E-state index in [1.165, 1.54) is 34.7 Å². The Balaban J connectivity index is 0.000000211. The smallest absolute Gasteiger partial charge is 0.214 e. The van der Waals surface area contributed by atoms with Crippen molar-refractivity contribution in [3.05, 3.63) is 64.1 Å². The molecule has 2 aromatic carbocycles. The monoisotopic (exact) mass is 553 g/mol. The molecule has 0 N–H and O–H groups in total. The largest absolute Gasteiger partial charge is 0.496 e. The van der Waals surface area contributed by atoms with Crippen LogP contribution in [-0.2, 0) is 9.59 Å². The number of aryl methyl sites for hydroxylation is 2. The lowest BCUT2D eigenvalue weighted by Crippen LogP contribution is -2.29. The van der Waals surface area contributed by atoms with Gasteiger partial charge in [-0.15, -0.1) is 0 Å². The van der Waals surface area contributed by atoms with Gasteiger partial charge in [0, 0.05) is 22.8 Å². The number of ether oxygens (including phenoxy) is 2. The van der Waals surface area contributed by atoms with E-state index in [4.69, 9.17) is 9.47 Å². The van der Waals surface area contributed by atoms with Crippen LogP contribution >= 0.6 is 23.5 Å². The third-order valence-electron chi connectivity index (χ3n) is 6.75. The van der Waals surface area contributed by atoms with Crippen molar-refractivity contribution in [2.24, 2.45) is 22.7 Å². The maximum atomic E-state index is 11.9. The van der Waals surface area contributed by atoms with Crippen LogP contribution in [0.25, 0.3) is 5.57 Å². The zero-order valence-electron chi connectivity index (χ0n) is 23.7. The van der Waals surface area contributed by atoms with Gasteiger partial charge < -0.3 is 9.47 Å². The van der Waals surface area contributed by atoms with Crippen molar-refractivity contribution in [1.29, 1.82) is 0 Å². The molecule has 4 rings (SSSR count). The summed E-state index contributed by atoms with van der Waals surface area (Å²) >= 11 is 2.68. The van der Waals surface area contributed by atoms with E-state index in [-0.39, 0.29) is 28.1 Å². The second-order valence-corrected chi connectivity index (χ2v) is 12.3. The summed E-state index contributed by atoms with van der Waals surface area (Å²) in [6, 6.07) is 12.1. The fourth-order valence-corrected chi connectivity index (χ4v) is 6.43. The minimum absolute atomic E-state index is 0.107. The summed E-state index contributed by atoms with van der Waals surface area (Å²) in [7, 11) is 3.36. The summed E-state index contributed by atoms with van der Waals surface area (Å²) in [6.07, 6.45) is 0.808. The Morgan fingerprint density at radius 1 is 0.842 bits per heavy atom. The van der Waals surface area contributed by atoms with Gasteiger partial charge in [-0.25, -0.2) is 0 Å². The first-order valence-electron chi connectivity index (χ1n) is 13.0. The Morgan fingerprint density at radius 3 is 1.97 bits per heavy atom. The van der Waals surface area contributed by atoms with Gasteiger partial charge in [0.1, 0.15) is 17.5 Å². The normalized spacial score (nSPS) is 19.5. The van der Waals surface area contributed by atoms with Crippen molar-refractivity contribution in [3.8, 4) is 11.5 Å². The maximum absolute atomic E-state index is 11.9. The second kappa shape index (κ2) is 13.5. The zero-order chi connectivity index (χ0) is 28.0. The predicted octanol–water partition coefficient (Wildman–Crippen LogP) is 7.37. The first-order chi connectivity index (χ1) is 18.0. The molecule has 0 unspecified atom stereocenters. The highest BCUT2D eigenvalue weighted by Crippen LogP contribution is 2.40. The molecule has 204 valence electrons. The van der Waals surface area contributed by atoms with Crippen molar-refractivity contribution in [1.82, 2.24) is 0 Å². The average Bonchev–Trinajstić information content (AvgIpc) is 2.89. The lowest BCUT2D eigenvalue weighted by molar-refractivity contribution is -0.115. The topological polar surface area (TPSA) is 65.0 Å². The van der Waals surface area contributed by atoms with Crippen LogP contribution in [0, 0.1) is 31.6 Å². The molecular formula is C31H39NO4S2. The van der Waals surface area contributed by atoms with Gasteiger partial charge in [-0.3, -0.25) is 14.6 Å². The number of carbonyl (C=O) groups is 2. The summed E-state index contributed by atoms with van der Waals surface area (Å²) in [5.74, 6) is 3.06. The predicted molar refractivity (Wildman–Crippen MR) is 162 cm³/mol. The molecule has 2 atom stereocenters. The summed E-state index contributed by atoms with van der Waals surface area (Å²) < 4.78 is 10.9. The first kappa shape index (κ1) is 30.0. The van der Waals surface area contributed by atoms with Gasteiger partial charge in [0.2, 0.25) is 5.12 Å². The van der Waals surface area contributed by atoms with Gasteiger partial charge >= 0.3 is 0 Å². The molecule has 2 aliphatic heterocycles. The Morgan fingerprint density at radius 2 is 1.42 bits per heavy atom. The third-order valence-corrected chi connectivity index (χ3v) is 8.64. The van der Waals surface area contributed by atoms with E-state index in [2.05, 4.69) is 37.9 Å². The molecule has 2 aromatic rings. The maximum Gasteiger partial charge on any atom is 0.214 e. The van der Waals surface area contributed by atoms with E-state index in [9.17, 15) is 9.59 Å². The van der Waals surface area contributed by atoms with E-state index >= 15 is 0 Å². The van der Waals surface area contributed by atoms with Crippen LogP contribution in [-0.4, -0.2) is 42.0 Å². The molecule has 2 heterocycles. The zero-order valence-corrected chi connectivity index (χ0v) is 25.3. The number of hydrogen-bond donors (Lipinski definition) is 0. The lowest BCUT2D eigenvalue weighted by atomic mass is 9.87. The number of hydrogen-bond acceptors (Lipinski definition) is 7. The van der Waals surface area contributed by atoms with Gasteiger partial charge in [-0.05, 0) is 72.4 Å². The van der Waals surface area contributed by atoms with Crippen molar-refractivity contribution >= 4 is 45.0 Å². The number of aliphatic imine (C=N–C) groups is 1. The molecule has 7 heteroatoms. The van der Waals surface area contributed by atoms with E-state index < -0.39 is 0 Å². The van der Waals surface area contributed by atoms with Gasteiger partial charge in [0.25, 0.3) is 0 Å². The highest BCUT2D eigenvalue weighted by atomic mass is 32.2. The molecule has 0 radical (unpaired) electrons. The Hall–Kier alpha value is -2.51. The van der Waals surface area contributed by atoms with E-state index in [0.29, 0.717) is 11.7 Å². The molecule has 0 fully saturated rings. The first-order valence-corrected chi connectivity index (χ1v) is 14.8. The van der Waals surface area contributed by atoms with Crippen molar-refractivity contribution in [2.45, 2.75) is 54.0 Å². The Bertz CT molecular complexity index is 1230. The van der Waals surface area contributed by atoms with Crippen LogP contribution in [0.3, 0.4) is 0 Å². The summed E-state index contributed by atoms with van der Waals surface area (Å²) in [5.41, 5.74) is 6.61. The van der Waals surface area contributed by atoms with Crippen molar-refractivity contribution in [3.63, 3.8) is 0 Å². The molecular weight excluding hydrogens is 514 g/mol. The molecule has 0 saturated carbocycles. The molecule has 2 aliphatic rings. The Kier molecular flexibility index (Phi) is 10.7. The number of methoxy groups -OCH3 is 2. The highest BCUT2D eigenvalue weighted by Gasteiger charge is 2.29. The Labute approximate surface area is 235 Å². The molecule has 38 heavy (non-hydrogen) atoms. The van der Waals surface area contributed by atoms with Gasteiger partial charge in [-0.2, -0.15) is 0 Å². The number of benzene rings is 2. The fourth-order valence-electron chi connectivity index (χ4n) is 4.42. The van der Waals surface area contributed by atoms with E-state index in [0.717, 1.165) is 40.3 Å². The molecule has 0 aliphatic carbocycles. The number of allylic oxidation sites excluding steroid dienone is 1. The van der Waals surface area contributed by atoms with Crippen LogP contribution < -0.4 is 9.47 Å². The lowest BCUT2D eigenvalue weighted by Gasteiger charge is -2.25. The number of carbonyl (C=O) groups excluding carboxylic acids is 2. The quantitative estimate of drug-likeness (QED) is 0.372. The molecule has 0 spiro atoms. The van der Waals surface area contributed by atoms with Crippen LogP contribution in [0.2, 0.25) is 0 Å². The second-order valence-electron chi connectivity index (χ2n) is 10.4. The van der Waals surface area contributed by atoms with Gasteiger partial charge in [0.05, 0.1) is 19.9 Å². The summed E-state index contributed by atoms with van der Waals surface area (Å²) in [4.78, 5) is 28.4. The minimum Gasteiger partial charge on any atom is -0.496 e. The molecule has 0 bridgehead atoms. The van der Waals surface area contributed by atoms with Gasteiger partial charge in [0.15, 0.2) is 5.12 Å². The number of thioether (sulfide) groups is 2. The number of rotatable bonds is 6. The van der Waals surface area contributed by atoms with Crippen LogP contribution in [0.1, 0.15) is 56.4 Å². The summed E-state index contributed by atoms with van der Waals surface area (Å²) in [5, 5.41) is 2.43. The standard InChI is InChI=1S/C16H20O2S.C15H19NO2S/c1-10(2)14-8-12(9-19-16(14)17)13-6-5-11(3)7-15(13)18-4;1-9(2)14-15(17)19-8-12(16-14)11-6-5-10(3)7-13(11)18-4/h5-7,9-10,14H,8H2,1-4H3;5-7,9,14H,8H2,1-4H3/t2*14-/m00/s1. The summed E-state index contributed by atoms with van der Waals surface area (Å²) in [6.45, 7) is 12.4. The van der Waals surface area contributed by atoms with Crippen LogP contribution in [0.5, 0.6) is 11.5 Å². The molecule has 0 amide bonds. The molecule has 0 saturated heterocycles. The van der Waals surface area contributed by atoms with Crippen LogP contribution in [0.15, 0.2) is 46.8 Å². The SMILES string of the molecule is COc1cc(C)ccc1C1=CSC(=O)[C@H](C(C)C)C1.COc1cc(C)ccc1C1=N[C@@H](C(C)C)C(=O)SC1.